The van der Waals surface area contributed by atoms with Crippen molar-refractivity contribution in [3.8, 4) is 16.9 Å². The molecule has 83 valence electrons. The van der Waals surface area contributed by atoms with Gasteiger partial charge in [0.25, 0.3) is 0 Å². The summed E-state index contributed by atoms with van der Waals surface area (Å²) in [4.78, 5) is 0. The van der Waals surface area contributed by atoms with Crippen molar-refractivity contribution in [3.63, 3.8) is 0 Å². The zero-order valence-corrected chi connectivity index (χ0v) is 12.6. The van der Waals surface area contributed by atoms with Gasteiger partial charge in [-0.05, 0) is 29.7 Å². The number of para-hydroxylation sites is 1. The molecule has 0 bridgehead atoms. The normalized spacial score (nSPS) is 16.2. The first-order valence-electron chi connectivity index (χ1n) is 5.46. The van der Waals surface area contributed by atoms with Gasteiger partial charge in [0.15, 0.2) is 0 Å². The number of benzene rings is 2. The second-order valence-corrected chi connectivity index (χ2v) is 4.14. The first-order chi connectivity index (χ1) is 7.77. The molecule has 3 rings (SSSR count). The minimum atomic E-state index is -0.105. The first kappa shape index (κ1) is 12.8. The smallest absolute Gasteiger partial charge is 0.123 e. The monoisotopic (exact) mass is 298 g/mol. The fourth-order valence-electron chi connectivity index (χ4n) is 2.35. The van der Waals surface area contributed by atoms with Gasteiger partial charge < -0.3 is 4.74 Å². The zero-order chi connectivity index (χ0) is 11.1. The van der Waals surface area contributed by atoms with Gasteiger partial charge >= 0.3 is 0 Å². The molecular weight excluding hydrogens is 285 g/mol. The van der Waals surface area contributed by atoms with Gasteiger partial charge in [-0.1, -0.05) is 36.4 Å². The van der Waals surface area contributed by atoms with E-state index < -0.39 is 0 Å². The molecule has 0 spiro atoms. The molecule has 0 aliphatic carbocycles. The Morgan fingerprint density at radius 1 is 1.00 bits per heavy atom. The molecular formula is C15H13OY-. The third-order valence-electron chi connectivity index (χ3n) is 3.09. The molecule has 17 heavy (non-hydrogen) atoms. The summed E-state index contributed by atoms with van der Waals surface area (Å²) >= 11 is 0. The number of aryl methyl sites for hydroxylation is 1. The van der Waals surface area contributed by atoms with Crippen LogP contribution in [-0.2, 0) is 32.7 Å². The van der Waals surface area contributed by atoms with Gasteiger partial charge in [0, 0.05) is 44.4 Å². The summed E-state index contributed by atoms with van der Waals surface area (Å²) in [7, 11) is 0. The van der Waals surface area contributed by atoms with E-state index in [9.17, 15) is 0 Å². The van der Waals surface area contributed by atoms with E-state index >= 15 is 0 Å². The molecule has 2 aromatic carbocycles. The van der Waals surface area contributed by atoms with Crippen LogP contribution in [0, 0.1) is 13.8 Å². The van der Waals surface area contributed by atoms with Crippen LogP contribution in [0.2, 0.25) is 0 Å². The van der Waals surface area contributed by atoms with Crippen molar-refractivity contribution in [2.24, 2.45) is 0 Å². The van der Waals surface area contributed by atoms with Crippen molar-refractivity contribution in [2.75, 3.05) is 0 Å². The van der Waals surface area contributed by atoms with Crippen LogP contribution in [0.5, 0.6) is 5.75 Å². The van der Waals surface area contributed by atoms with Gasteiger partial charge in [0.2, 0.25) is 0 Å². The molecule has 0 saturated heterocycles. The predicted molar refractivity (Wildman–Crippen MR) is 65.3 cm³/mol. The van der Waals surface area contributed by atoms with Crippen molar-refractivity contribution in [1.82, 2.24) is 0 Å². The maximum Gasteiger partial charge on any atom is 0.123 e. The molecule has 0 fully saturated rings. The predicted octanol–water partition coefficient (Wildman–Crippen LogP) is 3.93. The first-order valence-corrected chi connectivity index (χ1v) is 5.46. The summed E-state index contributed by atoms with van der Waals surface area (Å²) in [6.07, 6.45) is -0.105. The fraction of sp³-hybridized carbons (Fsp3) is 0.133. The van der Waals surface area contributed by atoms with Crippen LogP contribution in [0.3, 0.4) is 0 Å². The summed E-state index contributed by atoms with van der Waals surface area (Å²) < 4.78 is 5.83. The number of hydrogen-bond donors (Lipinski definition) is 0. The van der Waals surface area contributed by atoms with Crippen LogP contribution in [0.1, 0.15) is 17.2 Å². The van der Waals surface area contributed by atoms with Crippen LogP contribution >= 0.6 is 0 Å². The van der Waals surface area contributed by atoms with Gasteiger partial charge in [-0.2, -0.15) is 0 Å². The topological polar surface area (TPSA) is 9.23 Å². The molecule has 1 atom stereocenters. The second kappa shape index (κ2) is 4.91. The van der Waals surface area contributed by atoms with Crippen LogP contribution in [-0.4, -0.2) is 0 Å². The SMILES string of the molecule is [CH2-]C1Oc2ccccc2-c2cccc(C)c21.[Y]. The van der Waals surface area contributed by atoms with E-state index in [1.165, 1.54) is 22.3 Å². The van der Waals surface area contributed by atoms with Crippen LogP contribution < -0.4 is 4.74 Å². The van der Waals surface area contributed by atoms with E-state index in [2.05, 4.69) is 38.1 Å². The number of fused-ring (bicyclic) bond motifs is 3. The molecule has 0 aromatic heterocycles. The minimum Gasteiger partial charge on any atom is -0.517 e. The fourth-order valence-corrected chi connectivity index (χ4v) is 2.35. The summed E-state index contributed by atoms with van der Waals surface area (Å²) in [5, 5.41) is 0. The molecule has 1 nitrogen and oxygen atoms in total. The Bertz CT molecular complexity index is 548. The Balaban J connectivity index is 0.00000108. The summed E-state index contributed by atoms with van der Waals surface area (Å²) in [5.41, 5.74) is 4.87. The maximum atomic E-state index is 5.83. The van der Waals surface area contributed by atoms with Gasteiger partial charge in [-0.3, -0.25) is 6.92 Å². The van der Waals surface area contributed by atoms with Crippen molar-refractivity contribution < 1.29 is 37.4 Å². The van der Waals surface area contributed by atoms with Crippen molar-refractivity contribution in [1.29, 1.82) is 0 Å². The molecule has 1 heterocycles. The summed E-state index contributed by atoms with van der Waals surface area (Å²) in [6, 6.07) is 14.5. The van der Waals surface area contributed by atoms with Crippen molar-refractivity contribution in [2.45, 2.75) is 13.0 Å². The van der Waals surface area contributed by atoms with E-state index in [-0.39, 0.29) is 38.8 Å². The van der Waals surface area contributed by atoms with Crippen LogP contribution in [0.15, 0.2) is 42.5 Å². The van der Waals surface area contributed by atoms with Crippen LogP contribution in [0.4, 0.5) is 0 Å². The minimum absolute atomic E-state index is 0. The largest absolute Gasteiger partial charge is 0.517 e. The Morgan fingerprint density at radius 3 is 2.53 bits per heavy atom. The number of hydrogen-bond acceptors (Lipinski definition) is 1. The van der Waals surface area contributed by atoms with E-state index in [4.69, 9.17) is 4.74 Å². The van der Waals surface area contributed by atoms with E-state index in [1.807, 2.05) is 18.2 Å². The van der Waals surface area contributed by atoms with Gasteiger partial charge in [-0.25, -0.2) is 0 Å². The molecule has 0 N–H and O–H groups in total. The molecule has 0 saturated carbocycles. The second-order valence-electron chi connectivity index (χ2n) is 4.14. The van der Waals surface area contributed by atoms with Crippen LogP contribution in [0.25, 0.3) is 11.1 Å². The van der Waals surface area contributed by atoms with Gasteiger partial charge in [0.1, 0.15) is 5.75 Å². The average Bonchev–Trinajstić information content (AvgIpc) is 2.29. The third-order valence-corrected chi connectivity index (χ3v) is 3.09. The maximum absolute atomic E-state index is 5.83. The zero-order valence-electron chi connectivity index (χ0n) is 9.81. The Morgan fingerprint density at radius 2 is 1.71 bits per heavy atom. The Labute approximate surface area is 127 Å². The molecule has 1 radical (unpaired) electrons. The molecule has 1 unspecified atom stereocenters. The van der Waals surface area contributed by atoms with E-state index in [0.717, 1.165) is 5.75 Å². The standard InChI is InChI=1S/C15H13O.Y/c1-10-6-5-8-13-12-7-3-4-9-14(12)16-11(2)15(10)13;/h3-9,11H,2H2,1H3;/q-1;. The van der Waals surface area contributed by atoms with Crippen molar-refractivity contribution in [3.05, 3.63) is 60.5 Å². The number of ether oxygens (including phenoxy) is 1. The molecule has 2 aromatic rings. The molecule has 0 amide bonds. The number of rotatable bonds is 0. The van der Waals surface area contributed by atoms with Gasteiger partial charge in [0.05, 0.1) is 0 Å². The summed E-state index contributed by atoms with van der Waals surface area (Å²) in [5.74, 6) is 0.931. The van der Waals surface area contributed by atoms with E-state index in [0.29, 0.717) is 0 Å². The molecule has 2 heteroatoms. The average molecular weight is 298 g/mol. The molecule has 1 aliphatic rings. The van der Waals surface area contributed by atoms with Crippen molar-refractivity contribution >= 4 is 0 Å². The molecule has 1 aliphatic heterocycles. The third kappa shape index (κ3) is 2.07. The summed E-state index contributed by atoms with van der Waals surface area (Å²) in [6.45, 7) is 6.18. The quantitative estimate of drug-likeness (QED) is 0.670. The van der Waals surface area contributed by atoms with Gasteiger partial charge in [-0.15, -0.1) is 0 Å². The Hall–Kier alpha value is -0.656. The Kier molecular flexibility index (Phi) is 3.70. The van der Waals surface area contributed by atoms with E-state index in [1.54, 1.807) is 0 Å².